The molecule has 1 N–H and O–H groups in total. The molecule has 0 bridgehead atoms. The fraction of sp³-hybridized carbons (Fsp3) is 0.385. The Morgan fingerprint density at radius 3 is 2.82 bits per heavy atom. The molecule has 2 heterocycles. The third-order valence-electron chi connectivity index (χ3n) is 3.05. The van der Waals surface area contributed by atoms with Crippen LogP contribution in [0.2, 0.25) is 0 Å². The first-order valence-corrected chi connectivity index (χ1v) is 6.07. The van der Waals surface area contributed by atoms with E-state index in [2.05, 4.69) is 19.9 Å². The van der Waals surface area contributed by atoms with E-state index in [0.29, 0.717) is 0 Å². The standard InChI is InChI=1S/C13H16N4/c1-2-12(1)16-7-8-17-10-15-9-13(17)11-3-5-14-6-4-11/h3-6,9-10,12,16H,1-2,7-8H2. The van der Waals surface area contributed by atoms with E-state index < -0.39 is 0 Å². The van der Waals surface area contributed by atoms with Crippen LogP contribution in [0.5, 0.6) is 0 Å². The van der Waals surface area contributed by atoms with E-state index in [-0.39, 0.29) is 0 Å². The van der Waals surface area contributed by atoms with Crippen molar-refractivity contribution in [1.29, 1.82) is 0 Å². The number of nitrogens with one attached hydrogen (secondary N) is 1. The SMILES string of the molecule is c1cc(-c2cncn2CCNC2CC2)ccn1. The molecule has 4 heteroatoms. The molecule has 0 atom stereocenters. The molecule has 2 aromatic heterocycles. The van der Waals surface area contributed by atoms with Gasteiger partial charge in [0.15, 0.2) is 0 Å². The Morgan fingerprint density at radius 1 is 1.24 bits per heavy atom. The zero-order valence-electron chi connectivity index (χ0n) is 9.71. The zero-order valence-corrected chi connectivity index (χ0v) is 9.71. The number of imidazole rings is 1. The van der Waals surface area contributed by atoms with Crippen molar-refractivity contribution >= 4 is 0 Å². The third kappa shape index (κ3) is 2.53. The van der Waals surface area contributed by atoms with Crippen LogP contribution in [0.15, 0.2) is 37.1 Å². The van der Waals surface area contributed by atoms with E-state index in [9.17, 15) is 0 Å². The van der Waals surface area contributed by atoms with Gasteiger partial charge in [0.05, 0.1) is 18.2 Å². The van der Waals surface area contributed by atoms with Gasteiger partial charge in [-0.15, -0.1) is 0 Å². The van der Waals surface area contributed by atoms with Crippen molar-refractivity contribution in [2.45, 2.75) is 25.4 Å². The Hall–Kier alpha value is -1.68. The van der Waals surface area contributed by atoms with Crippen molar-refractivity contribution in [2.24, 2.45) is 0 Å². The van der Waals surface area contributed by atoms with Crippen LogP contribution in [-0.2, 0) is 6.54 Å². The highest BCUT2D eigenvalue weighted by Crippen LogP contribution is 2.19. The van der Waals surface area contributed by atoms with Crippen LogP contribution < -0.4 is 5.32 Å². The van der Waals surface area contributed by atoms with E-state index in [0.717, 1.165) is 24.8 Å². The molecule has 0 amide bonds. The first-order chi connectivity index (χ1) is 8.43. The predicted molar refractivity (Wildman–Crippen MR) is 66.5 cm³/mol. The summed E-state index contributed by atoms with van der Waals surface area (Å²) in [6, 6.07) is 4.80. The molecule has 0 saturated heterocycles. The summed E-state index contributed by atoms with van der Waals surface area (Å²) < 4.78 is 2.19. The van der Waals surface area contributed by atoms with Gasteiger partial charge in [-0.25, -0.2) is 4.98 Å². The van der Waals surface area contributed by atoms with Crippen molar-refractivity contribution < 1.29 is 0 Å². The molecule has 17 heavy (non-hydrogen) atoms. The van der Waals surface area contributed by atoms with Crippen molar-refractivity contribution in [1.82, 2.24) is 19.9 Å². The first-order valence-electron chi connectivity index (χ1n) is 6.07. The van der Waals surface area contributed by atoms with Crippen LogP contribution >= 0.6 is 0 Å². The number of pyridine rings is 1. The molecule has 1 saturated carbocycles. The minimum absolute atomic E-state index is 0.767. The van der Waals surface area contributed by atoms with Crippen molar-refractivity contribution in [3.63, 3.8) is 0 Å². The van der Waals surface area contributed by atoms with Gasteiger partial charge in [0.25, 0.3) is 0 Å². The molecule has 2 aromatic rings. The van der Waals surface area contributed by atoms with E-state index in [1.54, 1.807) is 0 Å². The fourth-order valence-corrected chi connectivity index (χ4v) is 1.94. The van der Waals surface area contributed by atoms with Gasteiger partial charge in [-0.1, -0.05) is 0 Å². The third-order valence-corrected chi connectivity index (χ3v) is 3.05. The van der Waals surface area contributed by atoms with Gasteiger partial charge in [0, 0.05) is 37.1 Å². The number of nitrogens with zero attached hydrogens (tertiary/aromatic N) is 3. The summed E-state index contributed by atoms with van der Waals surface area (Å²) >= 11 is 0. The zero-order chi connectivity index (χ0) is 11.5. The second-order valence-corrected chi connectivity index (χ2v) is 4.44. The molecule has 0 spiro atoms. The largest absolute Gasteiger partial charge is 0.329 e. The van der Waals surface area contributed by atoms with E-state index in [4.69, 9.17) is 0 Å². The van der Waals surface area contributed by atoms with Gasteiger partial charge < -0.3 is 9.88 Å². The predicted octanol–water partition coefficient (Wildman–Crippen LogP) is 1.70. The number of hydrogen-bond donors (Lipinski definition) is 1. The minimum Gasteiger partial charge on any atom is -0.329 e. The van der Waals surface area contributed by atoms with Gasteiger partial charge in [0.1, 0.15) is 0 Å². The Bertz CT molecular complexity index is 473. The van der Waals surface area contributed by atoms with Crippen LogP contribution in [0.4, 0.5) is 0 Å². The molecule has 4 nitrogen and oxygen atoms in total. The fourth-order valence-electron chi connectivity index (χ4n) is 1.94. The van der Waals surface area contributed by atoms with E-state index >= 15 is 0 Å². The number of hydrogen-bond acceptors (Lipinski definition) is 3. The first kappa shape index (κ1) is 10.5. The molecule has 1 aliphatic carbocycles. The summed E-state index contributed by atoms with van der Waals surface area (Å²) in [4.78, 5) is 8.26. The molecule has 0 aromatic carbocycles. The summed E-state index contributed by atoms with van der Waals surface area (Å²) in [6.07, 6.45) is 10.1. The Morgan fingerprint density at radius 2 is 2.06 bits per heavy atom. The molecule has 0 aliphatic heterocycles. The molecule has 3 rings (SSSR count). The Labute approximate surface area is 101 Å². The number of rotatable bonds is 5. The summed E-state index contributed by atoms with van der Waals surface area (Å²) in [7, 11) is 0. The van der Waals surface area contributed by atoms with Gasteiger partial charge in [-0.05, 0) is 25.0 Å². The summed E-state index contributed by atoms with van der Waals surface area (Å²) in [5, 5.41) is 3.51. The van der Waals surface area contributed by atoms with Crippen LogP contribution in [0.3, 0.4) is 0 Å². The monoisotopic (exact) mass is 228 g/mol. The van der Waals surface area contributed by atoms with Crippen molar-refractivity contribution in [2.75, 3.05) is 6.54 Å². The molecule has 1 aliphatic rings. The van der Waals surface area contributed by atoms with E-state index in [1.165, 1.54) is 18.4 Å². The summed E-state index contributed by atoms with van der Waals surface area (Å²) in [5.74, 6) is 0. The lowest BCUT2D eigenvalue weighted by molar-refractivity contribution is 0.598. The van der Waals surface area contributed by atoms with E-state index in [1.807, 2.05) is 37.1 Å². The lowest BCUT2D eigenvalue weighted by Crippen LogP contribution is -2.21. The van der Waals surface area contributed by atoms with Crippen LogP contribution in [0.25, 0.3) is 11.3 Å². The molecule has 0 unspecified atom stereocenters. The van der Waals surface area contributed by atoms with Crippen LogP contribution in [0, 0.1) is 0 Å². The molecule has 0 radical (unpaired) electrons. The van der Waals surface area contributed by atoms with Gasteiger partial charge in [-0.3, -0.25) is 4.98 Å². The highest BCUT2D eigenvalue weighted by atomic mass is 15.1. The average Bonchev–Trinajstić information content (AvgIpc) is 3.07. The maximum Gasteiger partial charge on any atom is 0.0951 e. The molecular formula is C13H16N4. The second-order valence-electron chi connectivity index (χ2n) is 4.44. The lowest BCUT2D eigenvalue weighted by Gasteiger charge is -2.08. The average molecular weight is 228 g/mol. The summed E-state index contributed by atoms with van der Waals surface area (Å²) in [5.41, 5.74) is 2.33. The van der Waals surface area contributed by atoms with Gasteiger partial charge in [0.2, 0.25) is 0 Å². The van der Waals surface area contributed by atoms with Crippen molar-refractivity contribution in [3.8, 4) is 11.3 Å². The molecule has 1 fully saturated rings. The minimum atomic E-state index is 0.767. The maximum atomic E-state index is 4.23. The topological polar surface area (TPSA) is 42.7 Å². The molecular weight excluding hydrogens is 212 g/mol. The van der Waals surface area contributed by atoms with Crippen LogP contribution in [0.1, 0.15) is 12.8 Å². The maximum absolute atomic E-state index is 4.23. The van der Waals surface area contributed by atoms with Gasteiger partial charge >= 0.3 is 0 Å². The van der Waals surface area contributed by atoms with Gasteiger partial charge in [-0.2, -0.15) is 0 Å². The van der Waals surface area contributed by atoms with Crippen molar-refractivity contribution in [3.05, 3.63) is 37.1 Å². The Kier molecular flexibility index (Phi) is 2.88. The normalized spacial score (nSPS) is 15.1. The second kappa shape index (κ2) is 4.67. The Balaban J connectivity index is 1.70. The smallest absolute Gasteiger partial charge is 0.0951 e. The highest BCUT2D eigenvalue weighted by Gasteiger charge is 2.19. The lowest BCUT2D eigenvalue weighted by atomic mass is 10.2. The number of aromatic nitrogens is 3. The highest BCUT2D eigenvalue weighted by molar-refractivity contribution is 5.57. The summed E-state index contributed by atoms with van der Waals surface area (Å²) in [6.45, 7) is 1.98. The van der Waals surface area contributed by atoms with Crippen LogP contribution in [-0.4, -0.2) is 27.1 Å². The molecule has 88 valence electrons. The quantitative estimate of drug-likeness (QED) is 0.847.